The first-order valence-corrected chi connectivity index (χ1v) is 8.85. The lowest BCUT2D eigenvalue weighted by Gasteiger charge is -2.27. The van der Waals surface area contributed by atoms with Crippen molar-refractivity contribution in [2.45, 2.75) is 31.4 Å². The van der Waals surface area contributed by atoms with E-state index in [9.17, 15) is 19.2 Å². The van der Waals surface area contributed by atoms with Crippen LogP contribution in [0.3, 0.4) is 0 Å². The van der Waals surface area contributed by atoms with Gasteiger partial charge in [0.05, 0.1) is 18.8 Å². The molecule has 138 valence electrons. The molecule has 1 saturated heterocycles. The minimum absolute atomic E-state index is 0.204. The van der Waals surface area contributed by atoms with Crippen LogP contribution in [0.1, 0.15) is 18.4 Å². The van der Waals surface area contributed by atoms with Crippen LogP contribution in [0.15, 0.2) is 34.9 Å². The van der Waals surface area contributed by atoms with Crippen molar-refractivity contribution in [2.24, 2.45) is 11.3 Å². The van der Waals surface area contributed by atoms with Gasteiger partial charge < -0.3 is 24.5 Å². The second-order valence-corrected chi connectivity index (χ2v) is 7.29. The molecule has 1 aliphatic heterocycles. The maximum Gasteiger partial charge on any atom is 0.475 e. The van der Waals surface area contributed by atoms with E-state index in [1.807, 2.05) is 24.3 Å². The monoisotopic (exact) mass is 361 g/mol. The molecule has 1 aliphatic carbocycles. The van der Waals surface area contributed by atoms with Crippen LogP contribution in [0.2, 0.25) is 0 Å². The molecular weight excluding hydrogens is 340 g/mol. The summed E-state index contributed by atoms with van der Waals surface area (Å²) in [5.74, 6) is -1.74. The molecule has 1 aromatic carbocycles. The zero-order valence-electron chi connectivity index (χ0n) is 14.2. The summed E-state index contributed by atoms with van der Waals surface area (Å²) in [7, 11) is -1.73. The Bertz CT molecular complexity index is 812. The number of benzene rings is 1. The number of alkyl halides is 1. The van der Waals surface area contributed by atoms with Crippen molar-refractivity contribution in [2.75, 3.05) is 13.2 Å². The van der Waals surface area contributed by atoms with Crippen LogP contribution >= 0.6 is 0 Å². The quantitative estimate of drug-likeness (QED) is 0.697. The van der Waals surface area contributed by atoms with E-state index in [1.165, 1.54) is 0 Å². The summed E-state index contributed by atoms with van der Waals surface area (Å²) in [6.07, 6.45) is 1.44. The van der Waals surface area contributed by atoms with Gasteiger partial charge >= 0.3 is 7.12 Å². The topological polar surface area (TPSA) is 91.9 Å². The number of hydrogen-bond donors (Lipinski definition) is 3. The molecule has 3 N–H and O–H groups in total. The van der Waals surface area contributed by atoms with Crippen LogP contribution in [0.25, 0.3) is 11.0 Å². The molecule has 0 radical (unpaired) electrons. The maximum atomic E-state index is 14.2. The van der Waals surface area contributed by atoms with E-state index >= 15 is 0 Å². The highest BCUT2D eigenvalue weighted by molar-refractivity contribution is 6.43. The first-order valence-electron chi connectivity index (χ1n) is 8.85. The van der Waals surface area contributed by atoms with Crippen molar-refractivity contribution < 1.29 is 28.4 Å². The number of amides is 1. The van der Waals surface area contributed by atoms with Gasteiger partial charge in [0.1, 0.15) is 11.8 Å². The number of hydrogen-bond acceptors (Lipinski definition) is 5. The first kappa shape index (κ1) is 17.5. The Balaban J connectivity index is 1.45. The summed E-state index contributed by atoms with van der Waals surface area (Å²) in [5.41, 5.74) is 0.727. The maximum absolute atomic E-state index is 14.2. The van der Waals surface area contributed by atoms with Gasteiger partial charge in [-0.3, -0.25) is 4.79 Å². The fourth-order valence-corrected chi connectivity index (χ4v) is 3.95. The van der Waals surface area contributed by atoms with E-state index in [4.69, 9.17) is 9.15 Å². The number of fused-ring (bicyclic) bond motifs is 1. The van der Waals surface area contributed by atoms with Gasteiger partial charge in [-0.2, -0.15) is 0 Å². The van der Waals surface area contributed by atoms with E-state index in [0.717, 1.165) is 10.9 Å². The van der Waals surface area contributed by atoms with Gasteiger partial charge in [-0.15, -0.1) is 0 Å². The molecule has 1 saturated carbocycles. The molecule has 3 unspecified atom stereocenters. The molecule has 8 heteroatoms. The van der Waals surface area contributed by atoms with Crippen molar-refractivity contribution in [1.29, 1.82) is 0 Å². The van der Waals surface area contributed by atoms with E-state index < -0.39 is 30.6 Å². The molecule has 2 fully saturated rings. The smallest absolute Gasteiger partial charge is 0.464 e. The highest BCUT2D eigenvalue weighted by Gasteiger charge is 2.64. The summed E-state index contributed by atoms with van der Waals surface area (Å²) < 4.78 is 25.0. The zero-order chi connectivity index (χ0) is 18.3. The largest absolute Gasteiger partial charge is 0.475 e. The molecule has 1 aromatic heterocycles. The van der Waals surface area contributed by atoms with Crippen molar-refractivity contribution in [3.05, 3.63) is 36.1 Å². The highest BCUT2D eigenvalue weighted by atomic mass is 19.1. The van der Waals surface area contributed by atoms with Crippen LogP contribution in [-0.2, 0) is 16.0 Å². The third-order valence-electron chi connectivity index (χ3n) is 5.63. The summed E-state index contributed by atoms with van der Waals surface area (Å²) in [5, 5.41) is 22.9. The number of furan rings is 1. The second kappa shape index (κ2) is 6.68. The Hall–Kier alpha value is -1.90. The van der Waals surface area contributed by atoms with E-state index in [1.54, 1.807) is 6.26 Å². The first-order chi connectivity index (χ1) is 12.5. The van der Waals surface area contributed by atoms with Gasteiger partial charge in [0.2, 0.25) is 5.91 Å². The normalized spacial score (nSPS) is 28.9. The zero-order valence-corrected chi connectivity index (χ0v) is 14.2. The number of halogens is 1. The standard InChI is InChI=1S/C18H21BFNO5/c20-15-5-6-25-10-18(15)8-13(18)17(22)21-16(19(23)24)7-11-9-26-14-4-2-1-3-12(11)14/h1-4,9,13,15-16,23-24H,5-8,10H2,(H,21,22)/t13?,15?,16-,18?/m0/s1. The molecule has 2 heterocycles. The van der Waals surface area contributed by atoms with Gasteiger partial charge in [0.15, 0.2) is 0 Å². The fraction of sp³-hybridized carbons (Fsp3) is 0.500. The Morgan fingerprint density at radius 2 is 2.23 bits per heavy atom. The summed E-state index contributed by atoms with van der Waals surface area (Å²) in [6.45, 7) is 0.619. The summed E-state index contributed by atoms with van der Waals surface area (Å²) in [6, 6.07) is 7.41. The number of para-hydroxylation sites is 1. The molecular formula is C18H21BFNO5. The van der Waals surface area contributed by atoms with Crippen LogP contribution in [0.5, 0.6) is 0 Å². The Morgan fingerprint density at radius 1 is 1.42 bits per heavy atom. The van der Waals surface area contributed by atoms with E-state index in [-0.39, 0.29) is 18.9 Å². The third-order valence-corrected chi connectivity index (χ3v) is 5.63. The van der Waals surface area contributed by atoms with Gasteiger partial charge in [-0.1, -0.05) is 18.2 Å². The molecule has 1 spiro atoms. The highest BCUT2D eigenvalue weighted by Crippen LogP contribution is 2.58. The van der Waals surface area contributed by atoms with Crippen molar-refractivity contribution in [1.82, 2.24) is 5.32 Å². The van der Waals surface area contributed by atoms with E-state index in [0.29, 0.717) is 25.0 Å². The Kier molecular flexibility index (Phi) is 4.50. The van der Waals surface area contributed by atoms with Crippen molar-refractivity contribution >= 4 is 24.0 Å². The average Bonchev–Trinajstić information content (AvgIpc) is 3.22. The lowest BCUT2D eigenvalue weighted by molar-refractivity contribution is -0.125. The van der Waals surface area contributed by atoms with Gasteiger partial charge in [0.25, 0.3) is 0 Å². The molecule has 2 aromatic rings. The van der Waals surface area contributed by atoms with Crippen molar-refractivity contribution in [3.63, 3.8) is 0 Å². The second-order valence-electron chi connectivity index (χ2n) is 7.29. The average molecular weight is 361 g/mol. The van der Waals surface area contributed by atoms with Gasteiger partial charge in [0, 0.05) is 29.7 Å². The molecule has 2 aliphatic rings. The lowest BCUT2D eigenvalue weighted by atomic mass is 9.75. The minimum Gasteiger partial charge on any atom is -0.464 e. The Labute approximate surface area is 150 Å². The summed E-state index contributed by atoms with van der Waals surface area (Å²) >= 11 is 0. The van der Waals surface area contributed by atoms with Crippen LogP contribution in [-0.4, -0.2) is 48.4 Å². The number of carbonyl (C=O) groups excluding carboxylic acids is 1. The van der Waals surface area contributed by atoms with Crippen LogP contribution in [0.4, 0.5) is 4.39 Å². The molecule has 6 nitrogen and oxygen atoms in total. The molecule has 26 heavy (non-hydrogen) atoms. The molecule has 4 atom stereocenters. The number of carbonyl (C=O) groups is 1. The van der Waals surface area contributed by atoms with Crippen LogP contribution < -0.4 is 5.32 Å². The van der Waals surface area contributed by atoms with E-state index in [2.05, 4.69) is 5.32 Å². The predicted octanol–water partition coefficient (Wildman–Crippen LogP) is 1.24. The third kappa shape index (κ3) is 3.02. The number of rotatable bonds is 5. The molecule has 4 rings (SSSR count). The van der Waals surface area contributed by atoms with Gasteiger partial charge in [-0.05, 0) is 24.5 Å². The molecule has 0 bridgehead atoms. The summed E-state index contributed by atoms with van der Waals surface area (Å²) in [4.78, 5) is 12.6. The van der Waals surface area contributed by atoms with Crippen molar-refractivity contribution in [3.8, 4) is 0 Å². The lowest BCUT2D eigenvalue weighted by Crippen LogP contribution is -2.49. The Morgan fingerprint density at radius 3 is 3.00 bits per heavy atom. The molecule has 1 amide bonds. The fourth-order valence-electron chi connectivity index (χ4n) is 3.95. The van der Waals surface area contributed by atoms with Crippen LogP contribution in [0, 0.1) is 11.3 Å². The van der Waals surface area contributed by atoms with Gasteiger partial charge in [-0.25, -0.2) is 4.39 Å². The predicted molar refractivity (Wildman–Crippen MR) is 92.9 cm³/mol. The number of nitrogens with one attached hydrogen (secondary N) is 1. The number of ether oxygens (including phenoxy) is 1. The minimum atomic E-state index is -1.73. The SMILES string of the molecule is O=C(N[C@@H](Cc1coc2ccccc12)B(O)O)C1CC12COCCC2F.